The zero-order chi connectivity index (χ0) is 21.2. The van der Waals surface area contributed by atoms with Crippen LogP contribution in [-0.4, -0.2) is 17.9 Å². The number of benzene rings is 3. The minimum Gasteiger partial charge on any atom is -0.489 e. The first-order valence-electron chi connectivity index (χ1n) is 9.20. The van der Waals surface area contributed by atoms with Crippen LogP contribution in [0.1, 0.15) is 16.7 Å². The number of thioether (sulfide) groups is 1. The highest BCUT2D eigenvalue weighted by Crippen LogP contribution is 2.16. The number of halogens is 2. The van der Waals surface area contributed by atoms with Crippen molar-refractivity contribution < 1.29 is 9.53 Å². The Kier molecular flexibility index (Phi) is 8.63. The van der Waals surface area contributed by atoms with Crippen molar-refractivity contribution in [1.29, 1.82) is 0 Å². The van der Waals surface area contributed by atoms with Crippen LogP contribution in [0.2, 0.25) is 10.0 Å². The minimum atomic E-state index is -0.147. The molecule has 0 aliphatic carbocycles. The molecule has 0 saturated heterocycles. The summed E-state index contributed by atoms with van der Waals surface area (Å²) < 4.78 is 5.75. The molecule has 0 radical (unpaired) electrons. The van der Waals surface area contributed by atoms with Crippen molar-refractivity contribution in [1.82, 2.24) is 5.43 Å². The van der Waals surface area contributed by atoms with E-state index in [1.54, 1.807) is 6.21 Å². The number of nitrogens with zero attached hydrogens (tertiary/aromatic N) is 1. The SMILES string of the molecule is O=C(CSCc1ccc(Cl)cc1)N/N=C\c1ccc(OCc2cccc(Cl)c2)cc1. The van der Waals surface area contributed by atoms with Gasteiger partial charge in [0.05, 0.1) is 12.0 Å². The predicted molar refractivity (Wildman–Crippen MR) is 126 cm³/mol. The van der Waals surface area contributed by atoms with Gasteiger partial charge >= 0.3 is 0 Å². The van der Waals surface area contributed by atoms with E-state index in [0.717, 1.165) is 28.2 Å². The highest BCUT2D eigenvalue weighted by Gasteiger charge is 2.01. The van der Waals surface area contributed by atoms with E-state index in [9.17, 15) is 4.79 Å². The summed E-state index contributed by atoms with van der Waals surface area (Å²) in [5.74, 6) is 1.67. The molecule has 0 spiro atoms. The maximum Gasteiger partial charge on any atom is 0.250 e. The largest absolute Gasteiger partial charge is 0.489 e. The van der Waals surface area contributed by atoms with E-state index in [1.165, 1.54) is 11.8 Å². The predicted octanol–water partition coefficient (Wildman–Crippen LogP) is 5.96. The summed E-state index contributed by atoms with van der Waals surface area (Å²) in [7, 11) is 0. The molecule has 3 rings (SSSR count). The number of amides is 1. The van der Waals surface area contributed by atoms with Crippen LogP contribution in [0.5, 0.6) is 5.75 Å². The highest BCUT2D eigenvalue weighted by molar-refractivity contribution is 7.99. The second-order valence-electron chi connectivity index (χ2n) is 6.40. The molecule has 0 bridgehead atoms. The first-order chi connectivity index (χ1) is 14.6. The van der Waals surface area contributed by atoms with Gasteiger partial charge in [0.1, 0.15) is 12.4 Å². The lowest BCUT2D eigenvalue weighted by molar-refractivity contribution is -0.118. The van der Waals surface area contributed by atoms with Crippen molar-refractivity contribution in [2.24, 2.45) is 5.10 Å². The maximum atomic E-state index is 11.9. The number of rotatable bonds is 9. The molecule has 0 unspecified atom stereocenters. The monoisotopic (exact) mass is 458 g/mol. The standard InChI is InChI=1S/C23H20Cl2N2O2S/c24-20-8-4-18(5-9-20)15-30-16-23(28)27-26-13-17-6-10-22(11-7-17)29-14-19-2-1-3-21(25)12-19/h1-13H,14-16H2,(H,27,28)/b26-13-. The van der Waals surface area contributed by atoms with Crippen LogP contribution in [0.25, 0.3) is 0 Å². The Bertz CT molecular complexity index is 993. The first-order valence-corrected chi connectivity index (χ1v) is 11.1. The third-order valence-electron chi connectivity index (χ3n) is 3.99. The Hall–Kier alpha value is -2.47. The number of hydrazone groups is 1. The van der Waals surface area contributed by atoms with Gasteiger partial charge in [-0.2, -0.15) is 5.10 Å². The topological polar surface area (TPSA) is 50.7 Å². The fourth-order valence-corrected chi connectivity index (χ4v) is 3.62. The number of hydrogen-bond acceptors (Lipinski definition) is 4. The van der Waals surface area contributed by atoms with E-state index in [0.29, 0.717) is 22.4 Å². The molecule has 0 heterocycles. The number of ether oxygens (including phenoxy) is 1. The third kappa shape index (κ3) is 7.75. The normalized spacial score (nSPS) is 10.9. The fourth-order valence-electron chi connectivity index (χ4n) is 2.50. The first kappa shape index (κ1) is 22.2. The van der Waals surface area contributed by atoms with Gasteiger partial charge in [-0.05, 0) is 65.2 Å². The van der Waals surface area contributed by atoms with Crippen LogP contribution in [-0.2, 0) is 17.2 Å². The van der Waals surface area contributed by atoms with Crippen molar-refractivity contribution in [2.75, 3.05) is 5.75 Å². The average molecular weight is 459 g/mol. The number of hydrogen-bond donors (Lipinski definition) is 1. The van der Waals surface area contributed by atoms with Crippen molar-refractivity contribution in [3.05, 3.63) is 99.5 Å². The average Bonchev–Trinajstić information content (AvgIpc) is 2.75. The molecule has 30 heavy (non-hydrogen) atoms. The van der Waals surface area contributed by atoms with E-state index in [2.05, 4.69) is 10.5 Å². The van der Waals surface area contributed by atoms with Gasteiger partial charge in [-0.3, -0.25) is 4.79 Å². The number of nitrogens with one attached hydrogen (secondary N) is 1. The van der Waals surface area contributed by atoms with Crippen LogP contribution >= 0.6 is 35.0 Å². The van der Waals surface area contributed by atoms with Gasteiger partial charge in [-0.15, -0.1) is 11.8 Å². The molecule has 0 aliphatic rings. The van der Waals surface area contributed by atoms with E-state index < -0.39 is 0 Å². The molecule has 1 N–H and O–H groups in total. The lowest BCUT2D eigenvalue weighted by Gasteiger charge is -2.06. The Balaban J connectivity index is 1.38. The van der Waals surface area contributed by atoms with Crippen LogP contribution in [0.3, 0.4) is 0 Å². The maximum absolute atomic E-state index is 11.9. The summed E-state index contributed by atoms with van der Waals surface area (Å²) >= 11 is 13.4. The van der Waals surface area contributed by atoms with Crippen LogP contribution in [0.15, 0.2) is 77.9 Å². The van der Waals surface area contributed by atoms with Crippen LogP contribution in [0.4, 0.5) is 0 Å². The summed E-state index contributed by atoms with van der Waals surface area (Å²) in [4.78, 5) is 11.9. The summed E-state index contributed by atoms with van der Waals surface area (Å²) in [5.41, 5.74) is 5.53. The third-order valence-corrected chi connectivity index (χ3v) is 5.48. The minimum absolute atomic E-state index is 0.147. The van der Waals surface area contributed by atoms with Gasteiger partial charge in [0.15, 0.2) is 0 Å². The molecular weight excluding hydrogens is 439 g/mol. The fraction of sp³-hybridized carbons (Fsp3) is 0.130. The number of carbonyl (C=O) groups is 1. The molecule has 0 aliphatic heterocycles. The summed E-state index contributed by atoms with van der Waals surface area (Å²) in [6.07, 6.45) is 1.60. The van der Waals surface area contributed by atoms with Crippen molar-refractivity contribution in [3.63, 3.8) is 0 Å². The Morgan fingerprint density at radius 1 is 0.967 bits per heavy atom. The molecule has 3 aromatic carbocycles. The van der Waals surface area contributed by atoms with Gasteiger partial charge in [-0.25, -0.2) is 5.43 Å². The Morgan fingerprint density at radius 3 is 2.47 bits per heavy atom. The van der Waals surface area contributed by atoms with Gasteiger partial charge < -0.3 is 4.74 Å². The zero-order valence-electron chi connectivity index (χ0n) is 16.1. The Labute approximate surface area is 190 Å². The molecule has 4 nitrogen and oxygen atoms in total. The van der Waals surface area contributed by atoms with E-state index in [-0.39, 0.29) is 5.91 Å². The van der Waals surface area contributed by atoms with Gasteiger partial charge in [0, 0.05) is 15.8 Å². The second-order valence-corrected chi connectivity index (χ2v) is 8.26. The molecule has 0 aromatic heterocycles. The van der Waals surface area contributed by atoms with Gasteiger partial charge in [0.2, 0.25) is 5.91 Å². The van der Waals surface area contributed by atoms with Gasteiger partial charge in [0.25, 0.3) is 0 Å². The molecule has 0 fully saturated rings. The smallest absolute Gasteiger partial charge is 0.250 e. The van der Waals surface area contributed by atoms with Crippen molar-refractivity contribution >= 4 is 47.1 Å². The summed E-state index contributed by atoms with van der Waals surface area (Å²) in [6.45, 7) is 0.442. The molecule has 0 saturated carbocycles. The van der Waals surface area contributed by atoms with Crippen LogP contribution in [0, 0.1) is 0 Å². The summed E-state index contributed by atoms with van der Waals surface area (Å²) in [5, 5.41) is 5.39. The molecule has 1 amide bonds. The van der Waals surface area contributed by atoms with Gasteiger partial charge in [-0.1, -0.05) is 47.5 Å². The molecule has 0 atom stereocenters. The summed E-state index contributed by atoms with van der Waals surface area (Å²) in [6, 6.07) is 22.6. The lowest BCUT2D eigenvalue weighted by Crippen LogP contribution is -2.19. The zero-order valence-corrected chi connectivity index (χ0v) is 18.4. The molecule has 3 aromatic rings. The molecular formula is C23H20Cl2N2O2S. The highest BCUT2D eigenvalue weighted by atomic mass is 35.5. The Morgan fingerprint density at radius 2 is 1.73 bits per heavy atom. The van der Waals surface area contributed by atoms with Crippen molar-refractivity contribution in [2.45, 2.75) is 12.4 Å². The van der Waals surface area contributed by atoms with E-state index >= 15 is 0 Å². The molecule has 7 heteroatoms. The van der Waals surface area contributed by atoms with Crippen LogP contribution < -0.4 is 10.2 Å². The second kappa shape index (κ2) is 11.6. The number of carbonyl (C=O) groups excluding carboxylic acids is 1. The lowest BCUT2D eigenvalue weighted by atomic mass is 10.2. The quantitative estimate of drug-likeness (QED) is 0.318. The van der Waals surface area contributed by atoms with Crippen molar-refractivity contribution in [3.8, 4) is 5.75 Å². The van der Waals surface area contributed by atoms with E-state index in [4.69, 9.17) is 27.9 Å². The molecule has 154 valence electrons. The van der Waals surface area contributed by atoms with E-state index in [1.807, 2.05) is 72.8 Å².